The van der Waals surface area contributed by atoms with Crippen molar-refractivity contribution in [1.82, 2.24) is 4.98 Å². The van der Waals surface area contributed by atoms with Crippen LogP contribution in [-0.4, -0.2) is 20.4 Å². The smallest absolute Gasteiger partial charge is 0.265 e. The van der Waals surface area contributed by atoms with Crippen molar-refractivity contribution in [2.45, 2.75) is 4.90 Å². The molecule has 0 aromatic carbocycles. The molecule has 1 N–H and O–H groups in total. The highest BCUT2D eigenvalue weighted by Crippen LogP contribution is 2.25. The molecule has 0 atom stereocenters. The minimum Gasteiger partial charge on any atom is -0.372 e. The first-order valence-electron chi connectivity index (χ1n) is 3.23. The summed E-state index contributed by atoms with van der Waals surface area (Å²) in [7, 11) is 3.01. The summed E-state index contributed by atoms with van der Waals surface area (Å²) in [5, 5.41) is 2.63. The van der Waals surface area contributed by atoms with Gasteiger partial charge in [-0.05, 0) is 22.0 Å². The van der Waals surface area contributed by atoms with Gasteiger partial charge in [-0.15, -0.1) is 0 Å². The van der Waals surface area contributed by atoms with E-state index >= 15 is 0 Å². The molecule has 0 spiro atoms. The summed E-state index contributed by atoms with van der Waals surface area (Å²) in [5.41, 5.74) is 0. The van der Waals surface area contributed by atoms with E-state index < -0.39 is 9.05 Å². The predicted molar refractivity (Wildman–Crippen MR) is 54.5 cm³/mol. The fraction of sp³-hybridized carbons (Fsp3) is 0.167. The fourth-order valence-electron chi connectivity index (χ4n) is 0.794. The standard InChI is InChI=1S/C6H6BrClN2O2S/c1-9-6-5(13(8,11)12)2-4(7)3-10-6/h2-3H,1H3,(H,9,10). The van der Waals surface area contributed by atoms with Gasteiger partial charge >= 0.3 is 0 Å². The topological polar surface area (TPSA) is 59.1 Å². The lowest BCUT2D eigenvalue weighted by Gasteiger charge is -2.04. The number of nitrogens with one attached hydrogen (secondary N) is 1. The van der Waals surface area contributed by atoms with E-state index in [1.54, 1.807) is 7.05 Å². The molecular formula is C6H6BrClN2O2S. The first kappa shape index (κ1) is 10.7. The fourth-order valence-corrected chi connectivity index (χ4v) is 2.28. The average Bonchev–Trinajstić information content (AvgIpc) is 2.03. The van der Waals surface area contributed by atoms with E-state index in [0.717, 1.165) is 0 Å². The quantitative estimate of drug-likeness (QED) is 0.842. The van der Waals surface area contributed by atoms with Gasteiger partial charge in [-0.3, -0.25) is 0 Å². The van der Waals surface area contributed by atoms with Gasteiger partial charge in [0.1, 0.15) is 10.7 Å². The first-order valence-corrected chi connectivity index (χ1v) is 6.33. The SMILES string of the molecule is CNc1ncc(Br)cc1S(=O)(=O)Cl. The van der Waals surface area contributed by atoms with Gasteiger partial charge in [0.25, 0.3) is 9.05 Å². The molecule has 0 aliphatic carbocycles. The molecule has 0 saturated heterocycles. The minimum absolute atomic E-state index is 0.0361. The van der Waals surface area contributed by atoms with Gasteiger partial charge in [-0.2, -0.15) is 0 Å². The summed E-state index contributed by atoms with van der Waals surface area (Å²) in [6.07, 6.45) is 1.48. The highest BCUT2D eigenvalue weighted by atomic mass is 79.9. The van der Waals surface area contributed by atoms with Crippen LogP contribution in [0.2, 0.25) is 0 Å². The molecule has 1 aromatic rings. The van der Waals surface area contributed by atoms with Gasteiger partial charge in [0.2, 0.25) is 0 Å². The molecule has 0 fully saturated rings. The van der Waals surface area contributed by atoms with Crippen molar-refractivity contribution in [1.29, 1.82) is 0 Å². The molecule has 0 bridgehead atoms. The summed E-state index contributed by atoms with van der Waals surface area (Å²) < 4.78 is 22.6. The zero-order valence-corrected chi connectivity index (χ0v) is 9.74. The van der Waals surface area contributed by atoms with Crippen molar-refractivity contribution < 1.29 is 8.42 Å². The second-order valence-corrected chi connectivity index (χ2v) is 5.64. The van der Waals surface area contributed by atoms with Gasteiger partial charge in [-0.25, -0.2) is 13.4 Å². The Morgan fingerprint density at radius 1 is 1.62 bits per heavy atom. The number of pyridine rings is 1. The van der Waals surface area contributed by atoms with Crippen LogP contribution in [0, 0.1) is 0 Å². The van der Waals surface area contributed by atoms with E-state index in [1.165, 1.54) is 12.3 Å². The predicted octanol–water partition coefficient (Wildman–Crippen LogP) is 1.81. The van der Waals surface area contributed by atoms with Crippen molar-refractivity contribution in [3.63, 3.8) is 0 Å². The molecule has 0 aliphatic rings. The Hall–Kier alpha value is -0.330. The Bertz CT molecular complexity index is 421. The molecule has 0 amide bonds. The van der Waals surface area contributed by atoms with Gasteiger partial charge in [0, 0.05) is 28.4 Å². The van der Waals surface area contributed by atoms with E-state index in [1.807, 2.05) is 0 Å². The molecule has 13 heavy (non-hydrogen) atoms. The van der Waals surface area contributed by atoms with Crippen LogP contribution >= 0.6 is 26.6 Å². The van der Waals surface area contributed by atoms with Crippen LogP contribution in [0.3, 0.4) is 0 Å². The number of halogens is 2. The van der Waals surface area contributed by atoms with Crippen molar-refractivity contribution in [3.8, 4) is 0 Å². The summed E-state index contributed by atoms with van der Waals surface area (Å²) in [6.45, 7) is 0. The maximum atomic E-state index is 11.0. The van der Waals surface area contributed by atoms with Crippen molar-refractivity contribution in [2.75, 3.05) is 12.4 Å². The minimum atomic E-state index is -3.75. The van der Waals surface area contributed by atoms with Gasteiger partial charge in [-0.1, -0.05) is 0 Å². The van der Waals surface area contributed by atoms with Crippen molar-refractivity contribution >= 4 is 41.5 Å². The van der Waals surface area contributed by atoms with Crippen LogP contribution in [0.5, 0.6) is 0 Å². The van der Waals surface area contributed by atoms with Gasteiger partial charge in [0.05, 0.1) is 0 Å². The lowest BCUT2D eigenvalue weighted by molar-refractivity contribution is 0.609. The van der Waals surface area contributed by atoms with Crippen LogP contribution in [-0.2, 0) is 9.05 Å². The van der Waals surface area contributed by atoms with Crippen molar-refractivity contribution in [3.05, 3.63) is 16.7 Å². The van der Waals surface area contributed by atoms with Crippen LogP contribution in [0.25, 0.3) is 0 Å². The van der Waals surface area contributed by atoms with Gasteiger partial charge < -0.3 is 5.32 Å². The average molecular weight is 286 g/mol. The van der Waals surface area contributed by atoms with Crippen LogP contribution in [0.15, 0.2) is 21.6 Å². The van der Waals surface area contributed by atoms with Gasteiger partial charge in [0.15, 0.2) is 0 Å². The highest BCUT2D eigenvalue weighted by Gasteiger charge is 2.16. The molecule has 1 aromatic heterocycles. The second-order valence-electron chi connectivity index (χ2n) is 2.19. The zero-order valence-electron chi connectivity index (χ0n) is 6.58. The third-order valence-electron chi connectivity index (χ3n) is 1.32. The first-order chi connectivity index (χ1) is 5.95. The second kappa shape index (κ2) is 3.81. The van der Waals surface area contributed by atoms with Crippen LogP contribution in [0.4, 0.5) is 5.82 Å². The van der Waals surface area contributed by atoms with Crippen LogP contribution < -0.4 is 5.32 Å². The monoisotopic (exact) mass is 284 g/mol. The van der Waals surface area contributed by atoms with E-state index in [4.69, 9.17) is 10.7 Å². The number of hydrogen-bond donors (Lipinski definition) is 1. The van der Waals surface area contributed by atoms with E-state index in [9.17, 15) is 8.42 Å². The molecule has 72 valence electrons. The Morgan fingerprint density at radius 3 is 2.69 bits per heavy atom. The molecule has 0 unspecified atom stereocenters. The Kier molecular flexibility index (Phi) is 3.15. The number of hydrogen-bond acceptors (Lipinski definition) is 4. The largest absolute Gasteiger partial charge is 0.372 e. The zero-order chi connectivity index (χ0) is 10.1. The normalized spacial score (nSPS) is 11.3. The van der Waals surface area contributed by atoms with E-state index in [0.29, 0.717) is 4.47 Å². The summed E-state index contributed by atoms with van der Waals surface area (Å²) in [5.74, 6) is 0.234. The highest BCUT2D eigenvalue weighted by molar-refractivity contribution is 9.10. The molecule has 4 nitrogen and oxygen atoms in total. The maximum Gasteiger partial charge on any atom is 0.265 e. The molecule has 7 heteroatoms. The van der Waals surface area contributed by atoms with Crippen molar-refractivity contribution in [2.24, 2.45) is 0 Å². The Balaban J connectivity index is 3.41. The van der Waals surface area contributed by atoms with E-state index in [-0.39, 0.29) is 10.7 Å². The Labute approximate surface area is 88.9 Å². The molecule has 1 rings (SSSR count). The van der Waals surface area contributed by atoms with Crippen LogP contribution in [0.1, 0.15) is 0 Å². The summed E-state index contributed by atoms with van der Waals surface area (Å²) in [4.78, 5) is 3.81. The number of nitrogens with zero attached hydrogens (tertiary/aromatic N) is 1. The third kappa shape index (κ3) is 2.55. The molecule has 0 aliphatic heterocycles. The Morgan fingerprint density at radius 2 is 2.23 bits per heavy atom. The lowest BCUT2D eigenvalue weighted by atomic mass is 10.4. The summed E-state index contributed by atoms with van der Waals surface area (Å²) >= 11 is 3.10. The number of anilines is 1. The molecule has 0 saturated carbocycles. The third-order valence-corrected chi connectivity index (χ3v) is 3.09. The summed E-state index contributed by atoms with van der Waals surface area (Å²) in [6, 6.07) is 1.39. The number of aromatic nitrogens is 1. The lowest BCUT2D eigenvalue weighted by Crippen LogP contribution is -2.01. The molecule has 1 heterocycles. The maximum absolute atomic E-state index is 11.0. The molecular weight excluding hydrogens is 280 g/mol. The van der Waals surface area contributed by atoms with E-state index in [2.05, 4.69) is 26.2 Å². The molecule has 0 radical (unpaired) electrons. The number of rotatable bonds is 2.